The summed E-state index contributed by atoms with van der Waals surface area (Å²) in [6.45, 7) is 7.76. The van der Waals surface area contributed by atoms with Crippen molar-refractivity contribution in [1.29, 1.82) is 0 Å². The molecule has 0 bridgehead atoms. The fourth-order valence-electron chi connectivity index (χ4n) is 2.09. The lowest BCUT2D eigenvalue weighted by molar-refractivity contribution is -0.124. The van der Waals surface area contributed by atoms with Gasteiger partial charge in [0.1, 0.15) is 6.04 Å². The van der Waals surface area contributed by atoms with Gasteiger partial charge in [0, 0.05) is 5.69 Å². The summed E-state index contributed by atoms with van der Waals surface area (Å²) in [6.07, 6.45) is 0.712. The number of nitrogens with one attached hydrogen (secondary N) is 4. The van der Waals surface area contributed by atoms with Crippen molar-refractivity contribution < 1.29 is 9.59 Å². The lowest BCUT2D eigenvalue weighted by atomic mass is 9.99. The van der Waals surface area contributed by atoms with E-state index >= 15 is 0 Å². The number of aryl methyl sites for hydroxylation is 1. The molecule has 0 aliphatic carbocycles. The van der Waals surface area contributed by atoms with Gasteiger partial charge in [0.15, 0.2) is 5.11 Å². The van der Waals surface area contributed by atoms with Crippen molar-refractivity contribution in [3.63, 3.8) is 0 Å². The smallest absolute Gasteiger partial charge is 0.312 e. The van der Waals surface area contributed by atoms with Crippen LogP contribution in [0.2, 0.25) is 0 Å². The molecule has 0 saturated carbocycles. The molecule has 0 aliphatic heterocycles. The minimum atomic E-state index is -0.744. The molecule has 3 amide bonds. The zero-order valence-corrected chi connectivity index (χ0v) is 15.2. The highest BCUT2D eigenvalue weighted by molar-refractivity contribution is 7.80. The van der Waals surface area contributed by atoms with Gasteiger partial charge in [-0.1, -0.05) is 32.4 Å². The van der Waals surface area contributed by atoms with Crippen LogP contribution in [0.15, 0.2) is 18.2 Å². The van der Waals surface area contributed by atoms with Crippen LogP contribution in [0.3, 0.4) is 0 Å². The monoisotopic (exact) mass is 351 g/mol. The predicted molar refractivity (Wildman–Crippen MR) is 99.4 cm³/mol. The third-order valence-electron chi connectivity index (χ3n) is 3.95. The van der Waals surface area contributed by atoms with Crippen molar-refractivity contribution in [3.8, 4) is 0 Å². The maximum atomic E-state index is 12.2. The molecule has 0 heterocycles. The van der Waals surface area contributed by atoms with Crippen molar-refractivity contribution in [3.05, 3.63) is 29.3 Å². The van der Waals surface area contributed by atoms with Crippen LogP contribution in [0.5, 0.6) is 0 Å². The zero-order chi connectivity index (χ0) is 18.3. The van der Waals surface area contributed by atoms with Crippen LogP contribution in [0, 0.1) is 19.8 Å². The third kappa shape index (κ3) is 5.69. The van der Waals surface area contributed by atoms with Crippen molar-refractivity contribution in [2.24, 2.45) is 11.7 Å². The van der Waals surface area contributed by atoms with Crippen molar-refractivity contribution in [2.75, 3.05) is 5.32 Å². The van der Waals surface area contributed by atoms with Crippen molar-refractivity contribution in [2.45, 2.75) is 40.2 Å². The van der Waals surface area contributed by atoms with Crippen LogP contribution in [-0.2, 0) is 4.79 Å². The van der Waals surface area contributed by atoms with Crippen LogP contribution in [0.4, 0.5) is 10.5 Å². The zero-order valence-electron chi connectivity index (χ0n) is 14.4. The number of urea groups is 1. The Morgan fingerprint density at radius 1 is 1.25 bits per heavy atom. The Morgan fingerprint density at radius 2 is 1.92 bits per heavy atom. The number of carbonyl (C=O) groups excluding carboxylic acids is 2. The summed E-state index contributed by atoms with van der Waals surface area (Å²) in [4.78, 5) is 23.3. The number of hydrogen-bond donors (Lipinski definition) is 5. The number of nitrogens with two attached hydrogens (primary N) is 1. The minimum absolute atomic E-state index is 0.0696. The lowest BCUT2D eigenvalue weighted by Crippen LogP contribution is -2.56. The van der Waals surface area contributed by atoms with Gasteiger partial charge in [-0.3, -0.25) is 15.6 Å². The summed E-state index contributed by atoms with van der Waals surface area (Å²) < 4.78 is 0. The summed E-state index contributed by atoms with van der Waals surface area (Å²) in [5.74, 6) is -0.479. The van der Waals surface area contributed by atoms with E-state index < -0.39 is 18.0 Å². The molecule has 0 aromatic heterocycles. The van der Waals surface area contributed by atoms with Gasteiger partial charge < -0.3 is 16.4 Å². The van der Waals surface area contributed by atoms with Gasteiger partial charge >= 0.3 is 6.03 Å². The SMILES string of the molecule is CCC(C)C(NC(N)=O)C(=O)NNC(=S)Nc1cccc(C)c1C. The second kappa shape index (κ2) is 9.07. The number of carbonyl (C=O) groups is 2. The van der Waals surface area contributed by atoms with Gasteiger partial charge in [-0.05, 0) is 49.2 Å². The highest BCUT2D eigenvalue weighted by atomic mass is 32.1. The summed E-state index contributed by atoms with van der Waals surface area (Å²) in [6, 6.07) is 4.34. The fraction of sp³-hybridized carbons (Fsp3) is 0.438. The summed E-state index contributed by atoms with van der Waals surface area (Å²) in [5.41, 5.74) is 13.3. The van der Waals surface area contributed by atoms with Gasteiger partial charge in [-0.15, -0.1) is 0 Å². The lowest BCUT2D eigenvalue weighted by Gasteiger charge is -2.23. The molecule has 2 atom stereocenters. The number of anilines is 1. The average Bonchev–Trinajstić information content (AvgIpc) is 2.53. The summed E-state index contributed by atoms with van der Waals surface area (Å²) in [5, 5.41) is 5.72. The second-order valence-corrected chi connectivity index (χ2v) is 6.10. The molecule has 0 spiro atoms. The van der Waals surface area contributed by atoms with Gasteiger partial charge in [0.05, 0.1) is 0 Å². The highest BCUT2D eigenvalue weighted by Gasteiger charge is 2.25. The predicted octanol–water partition coefficient (Wildman–Crippen LogP) is 1.70. The standard InChI is InChI=1S/C16H25N5O2S/c1-5-9(2)13(19-15(17)23)14(22)20-21-16(24)18-12-8-6-7-10(3)11(12)4/h6-9,13H,5H2,1-4H3,(H,20,22)(H3,17,19,23)(H2,18,21,24). The number of rotatable bonds is 5. The van der Waals surface area contributed by atoms with Crippen molar-refractivity contribution in [1.82, 2.24) is 16.2 Å². The van der Waals surface area contributed by atoms with E-state index in [1.165, 1.54) is 0 Å². The molecule has 0 fully saturated rings. The van der Waals surface area contributed by atoms with Crippen molar-refractivity contribution >= 4 is 35.0 Å². The Labute approximate surface area is 147 Å². The highest BCUT2D eigenvalue weighted by Crippen LogP contribution is 2.17. The van der Waals surface area contributed by atoms with Crippen LogP contribution in [0.25, 0.3) is 0 Å². The average molecular weight is 351 g/mol. The van der Waals surface area contributed by atoms with Crippen LogP contribution < -0.4 is 27.2 Å². The number of hydrazine groups is 1. The van der Waals surface area contributed by atoms with E-state index in [0.717, 1.165) is 16.8 Å². The number of hydrogen-bond acceptors (Lipinski definition) is 3. The molecule has 2 unspecified atom stereocenters. The van der Waals surface area contributed by atoms with Crippen LogP contribution in [0.1, 0.15) is 31.4 Å². The Kier molecular flexibility index (Phi) is 7.44. The van der Waals surface area contributed by atoms with Gasteiger partial charge in [0.2, 0.25) is 0 Å². The van der Waals surface area contributed by atoms with E-state index in [1.807, 2.05) is 45.9 Å². The topological polar surface area (TPSA) is 108 Å². The normalized spacial score (nSPS) is 12.7. The maximum absolute atomic E-state index is 12.2. The van der Waals surface area contributed by atoms with E-state index in [1.54, 1.807) is 0 Å². The quantitative estimate of drug-likeness (QED) is 0.410. The number of amides is 3. The van der Waals surface area contributed by atoms with Crippen LogP contribution in [-0.4, -0.2) is 23.1 Å². The molecule has 132 valence electrons. The molecule has 0 radical (unpaired) electrons. The first kappa shape index (κ1) is 19.7. The van der Waals surface area contributed by atoms with Gasteiger partial charge in [-0.25, -0.2) is 4.79 Å². The second-order valence-electron chi connectivity index (χ2n) is 5.69. The van der Waals surface area contributed by atoms with E-state index in [2.05, 4.69) is 21.5 Å². The molecule has 1 rings (SSSR count). The molecular formula is C16H25N5O2S. The molecule has 7 nitrogen and oxygen atoms in total. The molecule has 24 heavy (non-hydrogen) atoms. The molecule has 6 N–H and O–H groups in total. The van der Waals surface area contributed by atoms with Gasteiger partial charge in [0.25, 0.3) is 5.91 Å². The molecule has 8 heteroatoms. The first-order valence-electron chi connectivity index (χ1n) is 7.75. The van der Waals surface area contributed by atoms with E-state index in [0.29, 0.717) is 6.42 Å². The minimum Gasteiger partial charge on any atom is -0.352 e. The van der Waals surface area contributed by atoms with Gasteiger partial charge in [-0.2, -0.15) is 0 Å². The number of primary amides is 1. The summed E-state index contributed by atoms with van der Waals surface area (Å²) in [7, 11) is 0. The molecular weight excluding hydrogens is 326 g/mol. The Bertz CT molecular complexity index is 620. The molecule has 1 aromatic rings. The van der Waals surface area contributed by atoms with Crippen LogP contribution >= 0.6 is 12.2 Å². The first-order valence-corrected chi connectivity index (χ1v) is 8.16. The summed E-state index contributed by atoms with van der Waals surface area (Å²) >= 11 is 5.18. The Morgan fingerprint density at radius 3 is 2.50 bits per heavy atom. The Hall–Kier alpha value is -2.35. The molecule has 0 saturated heterocycles. The van der Waals surface area contributed by atoms with E-state index in [-0.39, 0.29) is 11.0 Å². The number of benzene rings is 1. The van der Waals surface area contributed by atoms with E-state index in [9.17, 15) is 9.59 Å². The first-order chi connectivity index (χ1) is 11.3. The molecule has 0 aliphatic rings. The Balaban J connectivity index is 2.62. The number of thiocarbonyl (C=S) groups is 1. The third-order valence-corrected chi connectivity index (χ3v) is 4.15. The largest absolute Gasteiger partial charge is 0.352 e. The molecule has 1 aromatic carbocycles. The fourth-order valence-corrected chi connectivity index (χ4v) is 2.25. The maximum Gasteiger partial charge on any atom is 0.312 e. The van der Waals surface area contributed by atoms with E-state index in [4.69, 9.17) is 18.0 Å².